The van der Waals surface area contributed by atoms with Crippen molar-refractivity contribution in [2.24, 2.45) is 5.92 Å². The van der Waals surface area contributed by atoms with Gasteiger partial charge in [0.05, 0.1) is 0 Å². The largest absolute Gasteiger partial charge is 0.372 e. The predicted molar refractivity (Wildman–Crippen MR) is 88.4 cm³/mol. The van der Waals surface area contributed by atoms with Crippen LogP contribution in [0.3, 0.4) is 0 Å². The second kappa shape index (κ2) is 7.68. The van der Waals surface area contributed by atoms with Gasteiger partial charge in [0.25, 0.3) is 0 Å². The first-order chi connectivity index (χ1) is 9.74. The van der Waals surface area contributed by atoms with Crippen molar-refractivity contribution < 1.29 is 0 Å². The Bertz CT molecular complexity index is 406. The molecular formula is C18H30N2. The summed E-state index contributed by atoms with van der Waals surface area (Å²) < 4.78 is 0. The molecule has 1 heterocycles. The molecule has 112 valence electrons. The Labute approximate surface area is 124 Å². The molecule has 0 spiro atoms. The van der Waals surface area contributed by atoms with Crippen molar-refractivity contribution in [1.29, 1.82) is 0 Å². The first-order valence-electron chi connectivity index (χ1n) is 8.29. The molecule has 0 amide bonds. The third-order valence-electron chi connectivity index (χ3n) is 4.63. The van der Waals surface area contributed by atoms with Crippen molar-refractivity contribution in [3.05, 3.63) is 29.3 Å². The summed E-state index contributed by atoms with van der Waals surface area (Å²) in [6.07, 6.45) is 5.25. The zero-order chi connectivity index (χ0) is 14.4. The summed E-state index contributed by atoms with van der Waals surface area (Å²) in [4.78, 5) is 2.56. The van der Waals surface area contributed by atoms with E-state index in [-0.39, 0.29) is 0 Å². The zero-order valence-electron chi connectivity index (χ0n) is 13.4. The van der Waals surface area contributed by atoms with Crippen molar-refractivity contribution in [3.63, 3.8) is 0 Å². The maximum absolute atomic E-state index is 3.49. The first-order valence-corrected chi connectivity index (χ1v) is 8.29. The van der Waals surface area contributed by atoms with Gasteiger partial charge in [-0.3, -0.25) is 0 Å². The number of benzene rings is 1. The van der Waals surface area contributed by atoms with E-state index in [4.69, 9.17) is 0 Å². The van der Waals surface area contributed by atoms with E-state index in [0.717, 1.165) is 19.0 Å². The zero-order valence-corrected chi connectivity index (χ0v) is 13.4. The molecule has 1 N–H and O–H groups in total. The fraction of sp³-hybridized carbons (Fsp3) is 0.667. The van der Waals surface area contributed by atoms with Crippen LogP contribution in [0.5, 0.6) is 0 Å². The van der Waals surface area contributed by atoms with E-state index < -0.39 is 0 Å². The molecule has 2 nitrogen and oxygen atoms in total. The molecule has 1 fully saturated rings. The van der Waals surface area contributed by atoms with Gasteiger partial charge in [-0.1, -0.05) is 26.3 Å². The molecule has 0 radical (unpaired) electrons. The second-order valence-electron chi connectivity index (χ2n) is 6.13. The van der Waals surface area contributed by atoms with Crippen molar-refractivity contribution in [3.8, 4) is 0 Å². The van der Waals surface area contributed by atoms with E-state index in [0.29, 0.717) is 0 Å². The van der Waals surface area contributed by atoms with Crippen LogP contribution >= 0.6 is 0 Å². The number of anilines is 1. The summed E-state index contributed by atoms with van der Waals surface area (Å²) in [5, 5.41) is 3.49. The van der Waals surface area contributed by atoms with Crippen molar-refractivity contribution >= 4 is 5.69 Å². The van der Waals surface area contributed by atoms with Crippen LogP contribution in [-0.4, -0.2) is 19.6 Å². The summed E-state index contributed by atoms with van der Waals surface area (Å²) in [7, 11) is 0. The van der Waals surface area contributed by atoms with Gasteiger partial charge in [-0.25, -0.2) is 0 Å². The number of aryl methyl sites for hydroxylation is 1. The topological polar surface area (TPSA) is 15.3 Å². The van der Waals surface area contributed by atoms with E-state index in [1.54, 1.807) is 0 Å². The van der Waals surface area contributed by atoms with E-state index >= 15 is 0 Å². The molecule has 20 heavy (non-hydrogen) atoms. The summed E-state index contributed by atoms with van der Waals surface area (Å²) in [6.45, 7) is 11.3. The van der Waals surface area contributed by atoms with Gasteiger partial charge < -0.3 is 10.2 Å². The van der Waals surface area contributed by atoms with Crippen LogP contribution in [0.25, 0.3) is 0 Å². The average molecular weight is 274 g/mol. The summed E-state index contributed by atoms with van der Waals surface area (Å²) in [5.41, 5.74) is 4.27. The SMILES string of the molecule is CCCNCc1ccc(N2CCC(CC)CC2)cc1C. The Morgan fingerprint density at radius 3 is 2.55 bits per heavy atom. The van der Waals surface area contributed by atoms with Crippen LogP contribution in [0.1, 0.15) is 50.7 Å². The molecule has 1 saturated heterocycles. The molecule has 0 bridgehead atoms. The first kappa shape index (κ1) is 15.4. The minimum Gasteiger partial charge on any atom is -0.372 e. The Morgan fingerprint density at radius 1 is 1.20 bits per heavy atom. The quantitative estimate of drug-likeness (QED) is 0.785. The number of hydrogen-bond acceptors (Lipinski definition) is 2. The average Bonchev–Trinajstić information content (AvgIpc) is 2.49. The molecule has 1 aromatic rings. The lowest BCUT2D eigenvalue weighted by atomic mass is 9.94. The minimum absolute atomic E-state index is 0.949. The van der Waals surface area contributed by atoms with Crippen molar-refractivity contribution in [2.75, 3.05) is 24.5 Å². The number of rotatable bonds is 6. The van der Waals surface area contributed by atoms with Gasteiger partial charge in [-0.15, -0.1) is 0 Å². The van der Waals surface area contributed by atoms with Crippen LogP contribution in [0, 0.1) is 12.8 Å². The van der Waals surface area contributed by atoms with Gasteiger partial charge in [0, 0.05) is 25.3 Å². The van der Waals surface area contributed by atoms with E-state index in [9.17, 15) is 0 Å². The standard InChI is InChI=1S/C18H30N2/c1-4-10-19-14-17-6-7-18(13-15(17)3)20-11-8-16(5-2)9-12-20/h6-7,13,16,19H,4-5,8-12,14H2,1-3H3. The third kappa shape index (κ3) is 3.99. The molecular weight excluding hydrogens is 244 g/mol. The van der Waals surface area contributed by atoms with E-state index in [1.165, 1.54) is 55.6 Å². The van der Waals surface area contributed by atoms with E-state index in [2.05, 4.69) is 49.2 Å². The smallest absolute Gasteiger partial charge is 0.0369 e. The van der Waals surface area contributed by atoms with Crippen LogP contribution in [0.15, 0.2) is 18.2 Å². The van der Waals surface area contributed by atoms with Crippen molar-refractivity contribution in [2.45, 2.75) is 53.0 Å². The van der Waals surface area contributed by atoms with Crippen LogP contribution < -0.4 is 10.2 Å². The van der Waals surface area contributed by atoms with Gasteiger partial charge in [0.1, 0.15) is 0 Å². The molecule has 1 aromatic carbocycles. The Kier molecular flexibility index (Phi) is 5.90. The molecule has 0 aromatic heterocycles. The molecule has 0 saturated carbocycles. The lowest BCUT2D eigenvalue weighted by Gasteiger charge is -2.33. The predicted octanol–water partition coefficient (Wildman–Crippen LogP) is 4.12. The molecule has 1 aliphatic heterocycles. The van der Waals surface area contributed by atoms with Crippen molar-refractivity contribution in [1.82, 2.24) is 5.32 Å². The fourth-order valence-electron chi connectivity index (χ4n) is 3.07. The summed E-state index contributed by atoms with van der Waals surface area (Å²) >= 11 is 0. The highest BCUT2D eigenvalue weighted by Crippen LogP contribution is 2.26. The lowest BCUT2D eigenvalue weighted by molar-refractivity contribution is 0.395. The van der Waals surface area contributed by atoms with Gasteiger partial charge in [0.15, 0.2) is 0 Å². The lowest BCUT2D eigenvalue weighted by Crippen LogP contribution is -2.33. The Hall–Kier alpha value is -1.02. The highest BCUT2D eigenvalue weighted by atomic mass is 15.1. The maximum Gasteiger partial charge on any atom is 0.0369 e. The van der Waals surface area contributed by atoms with Gasteiger partial charge in [0.2, 0.25) is 0 Å². The van der Waals surface area contributed by atoms with Gasteiger partial charge in [-0.2, -0.15) is 0 Å². The Balaban J connectivity index is 1.95. The number of nitrogens with one attached hydrogen (secondary N) is 1. The molecule has 0 atom stereocenters. The maximum atomic E-state index is 3.49. The highest BCUT2D eigenvalue weighted by molar-refractivity contribution is 5.51. The molecule has 1 aliphatic rings. The third-order valence-corrected chi connectivity index (χ3v) is 4.63. The van der Waals surface area contributed by atoms with Gasteiger partial charge >= 0.3 is 0 Å². The summed E-state index contributed by atoms with van der Waals surface area (Å²) in [6, 6.07) is 6.98. The van der Waals surface area contributed by atoms with E-state index in [1.807, 2.05) is 0 Å². The molecule has 2 heteroatoms. The normalized spacial score (nSPS) is 16.6. The number of piperidine rings is 1. The Morgan fingerprint density at radius 2 is 1.95 bits per heavy atom. The second-order valence-corrected chi connectivity index (χ2v) is 6.13. The summed E-state index contributed by atoms with van der Waals surface area (Å²) in [5.74, 6) is 0.949. The minimum atomic E-state index is 0.949. The number of hydrogen-bond donors (Lipinski definition) is 1. The monoisotopic (exact) mass is 274 g/mol. The highest BCUT2D eigenvalue weighted by Gasteiger charge is 2.18. The molecule has 2 rings (SSSR count). The molecule has 0 unspecified atom stereocenters. The van der Waals surface area contributed by atoms with Crippen LogP contribution in [0.2, 0.25) is 0 Å². The van der Waals surface area contributed by atoms with Gasteiger partial charge in [-0.05, 0) is 61.9 Å². The number of nitrogens with zero attached hydrogens (tertiary/aromatic N) is 1. The van der Waals surface area contributed by atoms with Crippen LogP contribution in [-0.2, 0) is 6.54 Å². The fourth-order valence-corrected chi connectivity index (χ4v) is 3.07. The molecule has 0 aliphatic carbocycles. The van der Waals surface area contributed by atoms with Crippen LogP contribution in [0.4, 0.5) is 5.69 Å².